The van der Waals surface area contributed by atoms with Crippen molar-refractivity contribution in [1.29, 1.82) is 0 Å². The summed E-state index contributed by atoms with van der Waals surface area (Å²) in [6.07, 6.45) is 11.0. The predicted octanol–water partition coefficient (Wildman–Crippen LogP) is 6.62. The number of carbonyl (C=O) groups is 2. The van der Waals surface area contributed by atoms with Crippen molar-refractivity contribution in [2.75, 3.05) is 31.1 Å². The van der Waals surface area contributed by atoms with Crippen molar-refractivity contribution in [2.24, 2.45) is 0 Å². The van der Waals surface area contributed by atoms with Gasteiger partial charge in [0.25, 0.3) is 11.8 Å². The van der Waals surface area contributed by atoms with Gasteiger partial charge in [0.05, 0.1) is 0 Å². The van der Waals surface area contributed by atoms with Gasteiger partial charge in [-0.25, -0.2) is 4.98 Å². The van der Waals surface area contributed by atoms with Crippen molar-refractivity contribution in [1.82, 2.24) is 30.5 Å². The van der Waals surface area contributed by atoms with Crippen LogP contribution in [0.4, 0.5) is 5.82 Å². The number of likely N-dealkylation sites (tertiary alicyclic amines) is 1. The molecule has 2 saturated heterocycles. The summed E-state index contributed by atoms with van der Waals surface area (Å²) in [7, 11) is 0. The Balaban J connectivity index is 0.851. The van der Waals surface area contributed by atoms with Crippen LogP contribution in [0.3, 0.4) is 0 Å². The predicted molar refractivity (Wildman–Crippen MR) is 202 cm³/mol. The van der Waals surface area contributed by atoms with Crippen molar-refractivity contribution in [2.45, 2.75) is 58.2 Å². The van der Waals surface area contributed by atoms with E-state index in [2.05, 4.69) is 54.7 Å². The lowest BCUT2D eigenvalue weighted by Crippen LogP contribution is -2.45. The first-order chi connectivity index (χ1) is 24.9. The monoisotopic (exact) mass is 679 g/mol. The number of pyridine rings is 3. The quantitative estimate of drug-likeness (QED) is 0.181. The molecular formula is C42H45N7O2. The van der Waals surface area contributed by atoms with Crippen LogP contribution in [0, 0.1) is 13.8 Å². The summed E-state index contributed by atoms with van der Waals surface area (Å²) < 4.78 is 0. The number of anilines is 1. The van der Waals surface area contributed by atoms with Crippen molar-refractivity contribution in [3.05, 3.63) is 132 Å². The Morgan fingerprint density at radius 3 is 2.16 bits per heavy atom. The molecule has 260 valence electrons. The first kappa shape index (κ1) is 34.1. The molecule has 2 aliphatic heterocycles. The molecule has 0 spiro atoms. The van der Waals surface area contributed by atoms with Crippen LogP contribution in [0.25, 0.3) is 22.3 Å². The molecule has 0 unspecified atom stereocenters. The second kappa shape index (κ2) is 15.6. The summed E-state index contributed by atoms with van der Waals surface area (Å²) in [4.78, 5) is 44.6. The van der Waals surface area contributed by atoms with Gasteiger partial charge in [-0.1, -0.05) is 42.5 Å². The molecule has 2 aliphatic rings. The summed E-state index contributed by atoms with van der Waals surface area (Å²) in [5, 5.41) is 6.54. The summed E-state index contributed by atoms with van der Waals surface area (Å²) >= 11 is 0. The van der Waals surface area contributed by atoms with Crippen molar-refractivity contribution in [3.8, 4) is 22.3 Å². The third-order valence-electron chi connectivity index (χ3n) is 10.2. The molecule has 9 nitrogen and oxygen atoms in total. The smallest absolute Gasteiger partial charge is 0.251 e. The third kappa shape index (κ3) is 8.32. The Labute approximate surface area is 300 Å². The average molecular weight is 680 g/mol. The van der Waals surface area contributed by atoms with Gasteiger partial charge >= 0.3 is 0 Å². The fraction of sp³-hybridized carbons (Fsp3) is 0.310. The highest BCUT2D eigenvalue weighted by atomic mass is 16.2. The topological polar surface area (TPSA) is 103 Å². The van der Waals surface area contributed by atoms with Crippen LogP contribution in [-0.2, 0) is 6.54 Å². The first-order valence-corrected chi connectivity index (χ1v) is 18.0. The normalized spacial score (nSPS) is 15.8. The van der Waals surface area contributed by atoms with E-state index in [9.17, 15) is 9.59 Å². The molecule has 0 radical (unpaired) electrons. The SMILES string of the molecule is Cc1ccc(-c2cccc(C(=O)NC3CCN(Cc4ccc(N5CCC(NC(=O)c6cccc(-c7cccnc7)c6)CC5)nc4)CC3)c2C)cn1. The van der Waals surface area contributed by atoms with Crippen LogP contribution in [0.15, 0.2) is 104 Å². The minimum absolute atomic E-state index is 0.00865. The number of aryl methyl sites for hydroxylation is 1. The second-order valence-corrected chi connectivity index (χ2v) is 13.8. The Morgan fingerprint density at radius 1 is 0.706 bits per heavy atom. The van der Waals surface area contributed by atoms with Crippen molar-refractivity contribution in [3.63, 3.8) is 0 Å². The number of rotatable bonds is 9. The van der Waals surface area contributed by atoms with Gasteiger partial charge in [-0.2, -0.15) is 0 Å². The molecule has 2 aromatic carbocycles. The number of piperidine rings is 2. The minimum Gasteiger partial charge on any atom is -0.356 e. The standard InChI is InChI=1S/C42H45N7O2/c1-29-11-13-35(27-44-29)38-9-4-10-39(30(38)2)42(51)47-36-15-20-48(21-16-36)28-31-12-14-40(45-25-31)49-22-17-37(18-23-49)46-41(50)33-7-3-6-32(24-33)34-8-5-19-43-26-34/h3-14,19,24-27,36-37H,15-18,20-23,28H2,1-2H3,(H,46,50)(H,47,51). The van der Waals surface area contributed by atoms with Gasteiger partial charge in [0.2, 0.25) is 0 Å². The van der Waals surface area contributed by atoms with Gasteiger partial charge in [0.15, 0.2) is 0 Å². The van der Waals surface area contributed by atoms with Gasteiger partial charge in [0.1, 0.15) is 5.82 Å². The second-order valence-electron chi connectivity index (χ2n) is 13.8. The van der Waals surface area contributed by atoms with E-state index in [0.717, 1.165) is 103 Å². The lowest BCUT2D eigenvalue weighted by Gasteiger charge is -2.34. The van der Waals surface area contributed by atoms with Crippen molar-refractivity contribution < 1.29 is 9.59 Å². The molecule has 0 aliphatic carbocycles. The van der Waals surface area contributed by atoms with Gasteiger partial charge in [-0.3, -0.25) is 24.5 Å². The molecule has 2 amide bonds. The number of aromatic nitrogens is 3. The summed E-state index contributed by atoms with van der Waals surface area (Å²) in [6.45, 7) is 8.37. The zero-order chi connectivity index (χ0) is 35.2. The molecule has 0 bridgehead atoms. The summed E-state index contributed by atoms with van der Waals surface area (Å²) in [5.41, 5.74) is 8.57. The Hall–Kier alpha value is -5.41. The molecular weight excluding hydrogens is 635 g/mol. The van der Waals surface area contributed by atoms with Crippen LogP contribution in [0.2, 0.25) is 0 Å². The maximum absolute atomic E-state index is 13.3. The van der Waals surface area contributed by atoms with E-state index < -0.39 is 0 Å². The Bertz CT molecular complexity index is 1950. The number of nitrogens with zero attached hydrogens (tertiary/aromatic N) is 5. The highest BCUT2D eigenvalue weighted by Crippen LogP contribution is 2.26. The largest absolute Gasteiger partial charge is 0.356 e. The van der Waals surface area contributed by atoms with Crippen LogP contribution in [0.1, 0.15) is 63.2 Å². The minimum atomic E-state index is -0.0372. The van der Waals surface area contributed by atoms with Gasteiger partial charge in [-0.15, -0.1) is 0 Å². The van der Waals surface area contributed by atoms with E-state index >= 15 is 0 Å². The summed E-state index contributed by atoms with van der Waals surface area (Å²) in [6, 6.07) is 26.2. The molecule has 51 heavy (non-hydrogen) atoms. The number of amides is 2. The molecule has 5 heterocycles. The Morgan fingerprint density at radius 2 is 1.45 bits per heavy atom. The molecule has 3 aromatic heterocycles. The molecule has 2 N–H and O–H groups in total. The van der Waals surface area contributed by atoms with Gasteiger partial charge in [-0.05, 0) is 98.2 Å². The van der Waals surface area contributed by atoms with Crippen LogP contribution >= 0.6 is 0 Å². The van der Waals surface area contributed by atoms with E-state index in [4.69, 9.17) is 4.98 Å². The van der Waals surface area contributed by atoms with Crippen LogP contribution in [-0.4, -0.2) is 69.9 Å². The van der Waals surface area contributed by atoms with E-state index in [-0.39, 0.29) is 23.9 Å². The maximum Gasteiger partial charge on any atom is 0.251 e. The average Bonchev–Trinajstić information content (AvgIpc) is 3.17. The van der Waals surface area contributed by atoms with E-state index in [1.807, 2.05) is 87.0 Å². The fourth-order valence-electron chi connectivity index (χ4n) is 7.17. The van der Waals surface area contributed by atoms with Crippen LogP contribution < -0.4 is 15.5 Å². The van der Waals surface area contributed by atoms with E-state index in [1.54, 1.807) is 6.20 Å². The number of nitrogens with one attached hydrogen (secondary N) is 2. The zero-order valence-electron chi connectivity index (χ0n) is 29.4. The number of hydrogen-bond acceptors (Lipinski definition) is 7. The van der Waals surface area contributed by atoms with E-state index in [1.165, 1.54) is 5.56 Å². The first-order valence-electron chi connectivity index (χ1n) is 18.0. The number of carbonyl (C=O) groups excluding carboxylic acids is 2. The highest BCUT2D eigenvalue weighted by Gasteiger charge is 2.24. The van der Waals surface area contributed by atoms with Gasteiger partial charge < -0.3 is 15.5 Å². The lowest BCUT2D eigenvalue weighted by molar-refractivity contribution is 0.0905. The van der Waals surface area contributed by atoms with E-state index in [0.29, 0.717) is 5.56 Å². The molecule has 0 saturated carbocycles. The Kier molecular flexibility index (Phi) is 10.4. The number of benzene rings is 2. The highest BCUT2D eigenvalue weighted by molar-refractivity contribution is 5.98. The number of hydrogen-bond donors (Lipinski definition) is 2. The zero-order valence-corrected chi connectivity index (χ0v) is 29.4. The van der Waals surface area contributed by atoms with Crippen molar-refractivity contribution >= 4 is 17.6 Å². The van der Waals surface area contributed by atoms with Crippen LogP contribution in [0.5, 0.6) is 0 Å². The molecule has 5 aromatic rings. The lowest BCUT2D eigenvalue weighted by atomic mass is 9.96. The summed E-state index contributed by atoms with van der Waals surface area (Å²) in [5.74, 6) is 0.933. The molecule has 0 atom stereocenters. The molecule has 9 heteroatoms. The molecule has 7 rings (SSSR count). The third-order valence-corrected chi connectivity index (χ3v) is 10.2. The van der Waals surface area contributed by atoms with Gasteiger partial charge in [0, 0.05) is 97.5 Å². The molecule has 2 fully saturated rings. The maximum atomic E-state index is 13.3. The fourth-order valence-corrected chi connectivity index (χ4v) is 7.17.